The molecule has 1 aromatic carbocycles. The average molecular weight is 416 g/mol. The molecule has 0 aliphatic heterocycles. The van der Waals surface area contributed by atoms with E-state index in [0.29, 0.717) is 16.5 Å². The van der Waals surface area contributed by atoms with Gasteiger partial charge in [-0.3, -0.25) is 4.40 Å². The van der Waals surface area contributed by atoms with Crippen LogP contribution in [0.3, 0.4) is 0 Å². The van der Waals surface area contributed by atoms with Crippen LogP contribution >= 0.6 is 22.9 Å². The van der Waals surface area contributed by atoms with Crippen molar-refractivity contribution in [2.75, 3.05) is 21.3 Å². The van der Waals surface area contributed by atoms with E-state index in [-0.39, 0.29) is 16.7 Å². The minimum absolute atomic E-state index is 0.0388. The molecule has 140 valence electrons. The quantitative estimate of drug-likeness (QED) is 0.618. The predicted octanol–water partition coefficient (Wildman–Crippen LogP) is 3.20. The molecule has 0 saturated heterocycles. The fourth-order valence-electron chi connectivity index (χ4n) is 2.68. The van der Waals surface area contributed by atoms with Gasteiger partial charge in [-0.2, -0.15) is 4.31 Å². The van der Waals surface area contributed by atoms with Gasteiger partial charge in [0.2, 0.25) is 0 Å². The van der Waals surface area contributed by atoms with Crippen molar-refractivity contribution in [3.8, 4) is 11.5 Å². The zero-order chi connectivity index (χ0) is 19.1. The second kappa shape index (κ2) is 7.07. The molecule has 3 rings (SSSR count). The van der Waals surface area contributed by atoms with E-state index in [1.807, 2.05) is 13.0 Å². The average Bonchev–Trinajstić information content (AvgIpc) is 3.15. The first-order valence-electron chi connectivity index (χ1n) is 7.58. The SMILES string of the molecule is COc1cc(C)c(CN(C)S(=O)(=O)c2c(Cl)nc3sccn23)c(OC)c1. The Morgan fingerprint density at radius 2 is 2.04 bits per heavy atom. The van der Waals surface area contributed by atoms with E-state index in [2.05, 4.69) is 4.98 Å². The summed E-state index contributed by atoms with van der Waals surface area (Å²) in [6.45, 7) is 2.00. The van der Waals surface area contributed by atoms with Crippen LogP contribution in [0, 0.1) is 6.92 Å². The molecule has 0 N–H and O–H groups in total. The number of hydrogen-bond acceptors (Lipinski definition) is 6. The number of hydrogen-bond donors (Lipinski definition) is 0. The summed E-state index contributed by atoms with van der Waals surface area (Å²) in [5, 5.41) is 1.68. The minimum atomic E-state index is -3.86. The highest BCUT2D eigenvalue weighted by Crippen LogP contribution is 2.32. The van der Waals surface area contributed by atoms with Gasteiger partial charge in [-0.15, -0.1) is 11.3 Å². The van der Waals surface area contributed by atoms with E-state index >= 15 is 0 Å². The molecular formula is C16H18ClN3O4S2. The molecule has 2 aromatic heterocycles. The van der Waals surface area contributed by atoms with Crippen molar-refractivity contribution < 1.29 is 17.9 Å². The summed E-state index contributed by atoms with van der Waals surface area (Å²) in [5.74, 6) is 1.20. The zero-order valence-electron chi connectivity index (χ0n) is 14.7. The number of nitrogens with zero attached hydrogens (tertiary/aromatic N) is 3. The van der Waals surface area contributed by atoms with E-state index < -0.39 is 10.0 Å². The highest BCUT2D eigenvalue weighted by molar-refractivity contribution is 7.89. The van der Waals surface area contributed by atoms with Crippen molar-refractivity contribution in [2.45, 2.75) is 18.5 Å². The van der Waals surface area contributed by atoms with Gasteiger partial charge in [0.05, 0.1) is 14.2 Å². The molecule has 0 aliphatic carbocycles. The maximum Gasteiger partial charge on any atom is 0.262 e. The summed E-state index contributed by atoms with van der Waals surface area (Å²) in [7, 11) is 0.748. The maximum absolute atomic E-state index is 13.1. The van der Waals surface area contributed by atoms with Crippen LogP contribution in [0.2, 0.25) is 5.15 Å². The van der Waals surface area contributed by atoms with Gasteiger partial charge < -0.3 is 9.47 Å². The molecule has 2 heterocycles. The minimum Gasteiger partial charge on any atom is -0.497 e. The molecule has 3 aromatic rings. The van der Waals surface area contributed by atoms with Crippen molar-refractivity contribution in [1.29, 1.82) is 0 Å². The largest absolute Gasteiger partial charge is 0.497 e. The van der Waals surface area contributed by atoms with Gasteiger partial charge in [-0.1, -0.05) is 11.6 Å². The van der Waals surface area contributed by atoms with Crippen LogP contribution in [0.1, 0.15) is 11.1 Å². The number of aromatic nitrogens is 2. The molecular weight excluding hydrogens is 398 g/mol. The number of halogens is 1. The van der Waals surface area contributed by atoms with Crippen molar-refractivity contribution >= 4 is 37.9 Å². The second-order valence-electron chi connectivity index (χ2n) is 5.65. The Labute approximate surface area is 160 Å². The molecule has 10 heteroatoms. The molecule has 0 unspecified atom stereocenters. The first kappa shape index (κ1) is 19.0. The van der Waals surface area contributed by atoms with E-state index in [9.17, 15) is 8.42 Å². The van der Waals surface area contributed by atoms with E-state index in [4.69, 9.17) is 21.1 Å². The van der Waals surface area contributed by atoms with Crippen LogP contribution in [-0.4, -0.2) is 43.4 Å². The molecule has 0 amide bonds. The maximum atomic E-state index is 13.1. The standard InChI is InChI=1S/C16H18ClN3O4S2/c1-10-7-11(23-3)8-13(24-4)12(10)9-19(2)26(21,22)15-14(17)18-16-20(15)5-6-25-16/h5-8H,9H2,1-4H3. The monoisotopic (exact) mass is 415 g/mol. The number of methoxy groups -OCH3 is 2. The van der Waals surface area contributed by atoms with Gasteiger partial charge in [-0.05, 0) is 18.6 Å². The lowest BCUT2D eigenvalue weighted by Gasteiger charge is -2.20. The number of fused-ring (bicyclic) bond motifs is 1. The number of thiazole rings is 1. The van der Waals surface area contributed by atoms with Crippen LogP contribution < -0.4 is 9.47 Å². The third kappa shape index (κ3) is 3.16. The van der Waals surface area contributed by atoms with Gasteiger partial charge in [0.1, 0.15) is 11.5 Å². The molecule has 0 aliphatic rings. The van der Waals surface area contributed by atoms with Crippen LogP contribution in [0.25, 0.3) is 4.96 Å². The van der Waals surface area contributed by atoms with E-state index in [1.165, 1.54) is 34.2 Å². The highest BCUT2D eigenvalue weighted by atomic mass is 35.5. The van der Waals surface area contributed by atoms with Crippen LogP contribution in [-0.2, 0) is 16.6 Å². The van der Waals surface area contributed by atoms with Gasteiger partial charge in [-0.25, -0.2) is 13.4 Å². The van der Waals surface area contributed by atoms with Crippen LogP contribution in [0.15, 0.2) is 28.7 Å². The predicted molar refractivity (Wildman–Crippen MR) is 101 cm³/mol. The molecule has 7 nitrogen and oxygen atoms in total. The molecule has 0 atom stereocenters. The Hall–Kier alpha value is -1.81. The van der Waals surface area contributed by atoms with Crippen molar-refractivity contribution in [1.82, 2.24) is 13.7 Å². The van der Waals surface area contributed by atoms with Gasteiger partial charge >= 0.3 is 0 Å². The lowest BCUT2D eigenvalue weighted by atomic mass is 10.1. The molecule has 26 heavy (non-hydrogen) atoms. The summed E-state index contributed by atoms with van der Waals surface area (Å²) < 4.78 is 39.5. The fourth-order valence-corrected chi connectivity index (χ4v) is 5.21. The smallest absolute Gasteiger partial charge is 0.262 e. The molecule has 0 saturated carbocycles. The molecule has 0 bridgehead atoms. The van der Waals surface area contributed by atoms with Gasteiger partial charge in [0.15, 0.2) is 15.1 Å². The first-order chi connectivity index (χ1) is 12.3. The summed E-state index contributed by atoms with van der Waals surface area (Å²) in [6, 6.07) is 3.56. The number of benzene rings is 1. The Bertz CT molecular complexity index is 1060. The van der Waals surface area contributed by atoms with Crippen LogP contribution in [0.5, 0.6) is 11.5 Å². The van der Waals surface area contributed by atoms with E-state index in [1.54, 1.807) is 24.8 Å². The summed E-state index contributed by atoms with van der Waals surface area (Å²) in [6.07, 6.45) is 1.64. The molecule has 0 radical (unpaired) electrons. The van der Waals surface area contributed by atoms with Crippen molar-refractivity contribution in [3.63, 3.8) is 0 Å². The van der Waals surface area contributed by atoms with Gasteiger partial charge in [0.25, 0.3) is 10.0 Å². The van der Waals surface area contributed by atoms with Crippen molar-refractivity contribution in [3.05, 3.63) is 40.0 Å². The van der Waals surface area contributed by atoms with Crippen molar-refractivity contribution in [2.24, 2.45) is 0 Å². The fraction of sp³-hybridized carbons (Fsp3) is 0.312. The zero-order valence-corrected chi connectivity index (χ0v) is 17.1. The summed E-state index contributed by atoms with van der Waals surface area (Å²) >= 11 is 7.41. The second-order valence-corrected chi connectivity index (χ2v) is 8.84. The third-order valence-electron chi connectivity index (χ3n) is 4.08. The number of ether oxygens (including phenoxy) is 2. The topological polar surface area (TPSA) is 73.1 Å². The van der Waals surface area contributed by atoms with Crippen LogP contribution in [0.4, 0.5) is 0 Å². The lowest BCUT2D eigenvalue weighted by molar-refractivity contribution is 0.383. The first-order valence-corrected chi connectivity index (χ1v) is 10.3. The molecule has 0 fully saturated rings. The highest BCUT2D eigenvalue weighted by Gasteiger charge is 2.30. The third-order valence-corrected chi connectivity index (χ3v) is 7.04. The lowest BCUT2D eigenvalue weighted by Crippen LogP contribution is -2.28. The Kier molecular flexibility index (Phi) is 5.16. The number of sulfonamides is 1. The number of rotatable bonds is 6. The number of imidazole rings is 1. The van der Waals surface area contributed by atoms with Gasteiger partial charge in [0, 0.05) is 36.8 Å². The number of aryl methyl sites for hydroxylation is 1. The van der Waals surface area contributed by atoms with E-state index in [0.717, 1.165) is 11.1 Å². The Balaban J connectivity index is 2.01. The normalized spacial score (nSPS) is 12.1. The molecule has 0 spiro atoms. The Morgan fingerprint density at radius 3 is 2.69 bits per heavy atom. The Morgan fingerprint density at radius 1 is 1.31 bits per heavy atom. The summed E-state index contributed by atoms with van der Waals surface area (Å²) in [4.78, 5) is 4.63. The summed E-state index contributed by atoms with van der Waals surface area (Å²) in [5.41, 5.74) is 1.62.